The van der Waals surface area contributed by atoms with Crippen LogP contribution in [-0.2, 0) is 24.5 Å². The van der Waals surface area contributed by atoms with Gasteiger partial charge in [0.1, 0.15) is 0 Å². The molecule has 1 N–H and O–H groups in total. The van der Waals surface area contributed by atoms with Gasteiger partial charge < -0.3 is 10.1 Å². The Labute approximate surface area is 135 Å². The largest absolute Gasteiger partial charge is 0.372 e. The standard InChI is InChI=1S/C18H22BrNO/c1-2-10-20-12-16-8-9-17(18(19)11-16)14-21-13-15-6-4-3-5-7-15/h3-9,11,20H,2,10,12-14H2,1H3. The molecule has 0 bridgehead atoms. The van der Waals surface area contributed by atoms with Gasteiger partial charge in [-0.05, 0) is 35.7 Å². The van der Waals surface area contributed by atoms with Gasteiger partial charge in [0.15, 0.2) is 0 Å². The first-order valence-corrected chi connectivity index (χ1v) is 8.18. The fraction of sp³-hybridized carbons (Fsp3) is 0.333. The van der Waals surface area contributed by atoms with Crippen LogP contribution < -0.4 is 5.32 Å². The smallest absolute Gasteiger partial charge is 0.0732 e. The summed E-state index contributed by atoms with van der Waals surface area (Å²) in [4.78, 5) is 0. The molecule has 0 aromatic heterocycles. The van der Waals surface area contributed by atoms with Crippen molar-refractivity contribution < 1.29 is 4.74 Å². The Kier molecular flexibility index (Phi) is 6.93. The van der Waals surface area contributed by atoms with Gasteiger partial charge in [-0.1, -0.05) is 65.3 Å². The summed E-state index contributed by atoms with van der Waals surface area (Å²) in [6.07, 6.45) is 1.16. The normalized spacial score (nSPS) is 10.8. The van der Waals surface area contributed by atoms with Crippen LogP contribution in [-0.4, -0.2) is 6.54 Å². The van der Waals surface area contributed by atoms with E-state index >= 15 is 0 Å². The summed E-state index contributed by atoms with van der Waals surface area (Å²) in [6.45, 7) is 5.42. The number of ether oxygens (including phenoxy) is 1. The van der Waals surface area contributed by atoms with Crippen LogP contribution in [0.25, 0.3) is 0 Å². The van der Waals surface area contributed by atoms with E-state index in [4.69, 9.17) is 4.74 Å². The Morgan fingerprint density at radius 3 is 2.52 bits per heavy atom. The first-order valence-electron chi connectivity index (χ1n) is 7.39. The molecule has 0 atom stereocenters. The highest BCUT2D eigenvalue weighted by Gasteiger charge is 2.02. The van der Waals surface area contributed by atoms with E-state index in [0.717, 1.165) is 24.0 Å². The topological polar surface area (TPSA) is 21.3 Å². The molecule has 0 unspecified atom stereocenters. The molecule has 112 valence electrons. The van der Waals surface area contributed by atoms with Gasteiger partial charge in [0, 0.05) is 11.0 Å². The third-order valence-corrected chi connectivity index (χ3v) is 3.98. The van der Waals surface area contributed by atoms with E-state index in [1.165, 1.54) is 16.7 Å². The lowest BCUT2D eigenvalue weighted by Gasteiger charge is -2.09. The molecule has 0 spiro atoms. The number of rotatable bonds is 8. The Balaban J connectivity index is 1.83. The molecule has 21 heavy (non-hydrogen) atoms. The van der Waals surface area contributed by atoms with Crippen LogP contribution in [0.2, 0.25) is 0 Å². The number of hydrogen-bond acceptors (Lipinski definition) is 2. The van der Waals surface area contributed by atoms with Crippen molar-refractivity contribution in [2.75, 3.05) is 6.54 Å². The molecular formula is C18H22BrNO. The molecule has 2 aromatic carbocycles. The number of hydrogen-bond donors (Lipinski definition) is 1. The first kappa shape index (κ1) is 16.2. The molecule has 0 radical (unpaired) electrons. The van der Waals surface area contributed by atoms with E-state index in [1.807, 2.05) is 18.2 Å². The van der Waals surface area contributed by atoms with Gasteiger partial charge in [0.05, 0.1) is 13.2 Å². The maximum absolute atomic E-state index is 5.78. The van der Waals surface area contributed by atoms with E-state index in [0.29, 0.717) is 13.2 Å². The Morgan fingerprint density at radius 2 is 1.81 bits per heavy atom. The third-order valence-electron chi connectivity index (χ3n) is 3.24. The molecule has 2 aromatic rings. The van der Waals surface area contributed by atoms with Crippen LogP contribution in [0.15, 0.2) is 53.0 Å². The van der Waals surface area contributed by atoms with Crippen molar-refractivity contribution in [2.24, 2.45) is 0 Å². The zero-order chi connectivity index (χ0) is 14.9. The fourth-order valence-electron chi connectivity index (χ4n) is 2.08. The van der Waals surface area contributed by atoms with Gasteiger partial charge in [0.25, 0.3) is 0 Å². The Morgan fingerprint density at radius 1 is 1.00 bits per heavy atom. The van der Waals surface area contributed by atoms with Gasteiger partial charge in [-0.25, -0.2) is 0 Å². The molecule has 0 aliphatic heterocycles. The van der Waals surface area contributed by atoms with E-state index in [9.17, 15) is 0 Å². The first-order chi connectivity index (χ1) is 10.3. The molecular weight excluding hydrogens is 326 g/mol. The van der Waals surface area contributed by atoms with Crippen LogP contribution in [0.5, 0.6) is 0 Å². The van der Waals surface area contributed by atoms with Crippen LogP contribution >= 0.6 is 15.9 Å². The fourth-order valence-corrected chi connectivity index (χ4v) is 2.62. The molecule has 0 saturated heterocycles. The highest BCUT2D eigenvalue weighted by atomic mass is 79.9. The van der Waals surface area contributed by atoms with Gasteiger partial charge in [-0.3, -0.25) is 0 Å². The lowest BCUT2D eigenvalue weighted by atomic mass is 10.1. The molecule has 0 aliphatic rings. The van der Waals surface area contributed by atoms with Crippen LogP contribution in [0.4, 0.5) is 0 Å². The summed E-state index contributed by atoms with van der Waals surface area (Å²) in [5.74, 6) is 0. The highest BCUT2D eigenvalue weighted by Crippen LogP contribution is 2.20. The zero-order valence-electron chi connectivity index (χ0n) is 12.4. The quantitative estimate of drug-likeness (QED) is 0.701. The lowest BCUT2D eigenvalue weighted by molar-refractivity contribution is 0.107. The monoisotopic (exact) mass is 347 g/mol. The zero-order valence-corrected chi connectivity index (χ0v) is 14.0. The maximum Gasteiger partial charge on any atom is 0.0732 e. The van der Waals surface area contributed by atoms with Crippen molar-refractivity contribution in [2.45, 2.75) is 33.1 Å². The predicted octanol–water partition coefficient (Wildman–Crippen LogP) is 4.67. The Hall–Kier alpha value is -1.16. The summed E-state index contributed by atoms with van der Waals surface area (Å²) >= 11 is 3.63. The van der Waals surface area contributed by atoms with Gasteiger partial charge in [-0.15, -0.1) is 0 Å². The summed E-state index contributed by atoms with van der Waals surface area (Å²) in [5, 5.41) is 3.41. The van der Waals surface area contributed by atoms with Crippen molar-refractivity contribution in [1.29, 1.82) is 0 Å². The molecule has 3 heteroatoms. The van der Waals surface area contributed by atoms with Gasteiger partial charge in [0.2, 0.25) is 0 Å². The minimum absolute atomic E-state index is 0.623. The maximum atomic E-state index is 5.78. The van der Waals surface area contributed by atoms with Crippen molar-refractivity contribution in [3.63, 3.8) is 0 Å². The Bertz CT molecular complexity index is 542. The number of nitrogens with one attached hydrogen (secondary N) is 1. The molecule has 0 saturated carbocycles. The summed E-state index contributed by atoms with van der Waals surface area (Å²) in [6, 6.07) is 16.7. The second kappa shape index (κ2) is 8.98. The van der Waals surface area contributed by atoms with Crippen LogP contribution in [0.1, 0.15) is 30.0 Å². The van der Waals surface area contributed by atoms with E-state index in [1.54, 1.807) is 0 Å². The molecule has 2 rings (SSSR count). The van der Waals surface area contributed by atoms with Crippen molar-refractivity contribution in [3.05, 3.63) is 69.7 Å². The van der Waals surface area contributed by atoms with Gasteiger partial charge >= 0.3 is 0 Å². The molecule has 2 nitrogen and oxygen atoms in total. The van der Waals surface area contributed by atoms with E-state index in [-0.39, 0.29) is 0 Å². The van der Waals surface area contributed by atoms with Crippen LogP contribution in [0.3, 0.4) is 0 Å². The number of benzene rings is 2. The number of halogens is 1. The van der Waals surface area contributed by atoms with Crippen LogP contribution in [0, 0.1) is 0 Å². The van der Waals surface area contributed by atoms with E-state index < -0.39 is 0 Å². The van der Waals surface area contributed by atoms with E-state index in [2.05, 4.69) is 58.5 Å². The van der Waals surface area contributed by atoms with Crippen molar-refractivity contribution in [3.8, 4) is 0 Å². The highest BCUT2D eigenvalue weighted by molar-refractivity contribution is 9.10. The van der Waals surface area contributed by atoms with Gasteiger partial charge in [-0.2, -0.15) is 0 Å². The third kappa shape index (κ3) is 5.62. The molecule has 0 amide bonds. The minimum atomic E-state index is 0.623. The van der Waals surface area contributed by atoms with Crippen molar-refractivity contribution >= 4 is 15.9 Å². The summed E-state index contributed by atoms with van der Waals surface area (Å²) in [5.41, 5.74) is 3.68. The predicted molar refractivity (Wildman–Crippen MR) is 91.1 cm³/mol. The second-order valence-electron chi connectivity index (χ2n) is 5.08. The SMILES string of the molecule is CCCNCc1ccc(COCc2ccccc2)c(Br)c1. The van der Waals surface area contributed by atoms with Crippen molar-refractivity contribution in [1.82, 2.24) is 5.32 Å². The average molecular weight is 348 g/mol. The summed E-state index contributed by atoms with van der Waals surface area (Å²) < 4.78 is 6.90. The molecule has 0 heterocycles. The molecule has 0 aliphatic carbocycles. The average Bonchev–Trinajstić information content (AvgIpc) is 2.51. The lowest BCUT2D eigenvalue weighted by Crippen LogP contribution is -2.13. The molecule has 0 fully saturated rings. The minimum Gasteiger partial charge on any atom is -0.372 e. The second-order valence-corrected chi connectivity index (χ2v) is 5.94. The summed E-state index contributed by atoms with van der Waals surface area (Å²) in [7, 11) is 0.